The molecule has 2 N–H and O–H groups in total. The van der Waals surface area contributed by atoms with Crippen molar-refractivity contribution in [3.05, 3.63) is 76.5 Å². The zero-order chi connectivity index (χ0) is 22.3. The average Bonchev–Trinajstić information content (AvgIpc) is 3.08. The van der Waals surface area contributed by atoms with Crippen LogP contribution in [-0.4, -0.2) is 15.7 Å². The number of carbonyl (C=O) groups excluding carboxylic acids is 1. The number of nitrogens with zero attached hydrogens (tertiary/aromatic N) is 1. The fraction of sp³-hybridized carbons (Fsp3) is 0.292. The van der Waals surface area contributed by atoms with Crippen molar-refractivity contribution in [2.45, 2.75) is 47.1 Å². The Morgan fingerprint density at radius 1 is 1.10 bits per heavy atom. The normalized spacial score (nSPS) is 10.9. The molecule has 0 saturated heterocycles. The molecular formula is C24H28F2N2O2. The van der Waals surface area contributed by atoms with Gasteiger partial charge in [0.05, 0.1) is 12.1 Å². The van der Waals surface area contributed by atoms with Crippen LogP contribution < -0.4 is 5.48 Å². The van der Waals surface area contributed by atoms with Crippen LogP contribution in [0, 0.1) is 11.6 Å². The molecule has 0 radical (unpaired) electrons. The molecule has 6 heteroatoms. The van der Waals surface area contributed by atoms with Crippen molar-refractivity contribution in [3.8, 4) is 0 Å². The van der Waals surface area contributed by atoms with Crippen LogP contribution in [0.15, 0.2) is 42.5 Å². The zero-order valence-corrected chi connectivity index (χ0v) is 17.8. The summed E-state index contributed by atoms with van der Waals surface area (Å²) in [5, 5.41) is 9.73. The molecule has 0 aliphatic rings. The van der Waals surface area contributed by atoms with Crippen LogP contribution in [0.5, 0.6) is 0 Å². The van der Waals surface area contributed by atoms with Gasteiger partial charge in [-0.3, -0.25) is 10.0 Å². The van der Waals surface area contributed by atoms with Crippen LogP contribution in [0.4, 0.5) is 8.78 Å². The lowest BCUT2D eigenvalue weighted by Crippen LogP contribution is -2.21. The van der Waals surface area contributed by atoms with Gasteiger partial charge in [0.1, 0.15) is 0 Å². The van der Waals surface area contributed by atoms with Gasteiger partial charge in [-0.05, 0) is 25.0 Å². The van der Waals surface area contributed by atoms with Crippen molar-refractivity contribution in [2.24, 2.45) is 0 Å². The highest BCUT2D eigenvalue weighted by atomic mass is 19.2. The first-order valence-corrected chi connectivity index (χ1v) is 10.2. The van der Waals surface area contributed by atoms with Crippen molar-refractivity contribution < 1.29 is 18.8 Å². The van der Waals surface area contributed by atoms with Gasteiger partial charge < -0.3 is 4.57 Å². The Morgan fingerprint density at radius 2 is 1.80 bits per heavy atom. The number of rotatable bonds is 6. The fourth-order valence-electron chi connectivity index (χ4n) is 3.48. The summed E-state index contributed by atoms with van der Waals surface area (Å²) in [7, 11) is 0. The molecule has 0 unspecified atom stereocenters. The Labute approximate surface area is 175 Å². The monoisotopic (exact) mass is 414 g/mol. The molecule has 0 aliphatic carbocycles. The Hall–Kier alpha value is -2.99. The third-order valence-corrected chi connectivity index (χ3v) is 4.81. The summed E-state index contributed by atoms with van der Waals surface area (Å²) in [4.78, 5) is 11.5. The molecule has 0 atom stereocenters. The SMILES string of the molecule is CC.CC/C=C\c1c(CC)n(Cc2ccc(C(=O)NO)c(F)c2F)c2ccccc12. The van der Waals surface area contributed by atoms with Gasteiger partial charge >= 0.3 is 0 Å². The van der Waals surface area contributed by atoms with E-state index in [1.807, 2.05) is 49.6 Å². The number of halogens is 2. The summed E-state index contributed by atoms with van der Waals surface area (Å²) < 4.78 is 30.9. The van der Waals surface area contributed by atoms with Gasteiger partial charge in [0.25, 0.3) is 5.91 Å². The van der Waals surface area contributed by atoms with E-state index in [0.717, 1.165) is 35.0 Å². The fourth-order valence-corrected chi connectivity index (χ4v) is 3.48. The van der Waals surface area contributed by atoms with E-state index < -0.39 is 23.1 Å². The van der Waals surface area contributed by atoms with Crippen LogP contribution >= 0.6 is 0 Å². The summed E-state index contributed by atoms with van der Waals surface area (Å²) in [6, 6.07) is 10.4. The maximum Gasteiger partial charge on any atom is 0.277 e. The summed E-state index contributed by atoms with van der Waals surface area (Å²) in [6.45, 7) is 8.22. The van der Waals surface area contributed by atoms with Crippen molar-refractivity contribution >= 4 is 22.9 Å². The van der Waals surface area contributed by atoms with Crippen LogP contribution in [0.25, 0.3) is 17.0 Å². The van der Waals surface area contributed by atoms with E-state index in [4.69, 9.17) is 5.21 Å². The third kappa shape index (κ3) is 4.44. The number of para-hydroxylation sites is 1. The van der Waals surface area contributed by atoms with E-state index in [0.29, 0.717) is 0 Å². The summed E-state index contributed by atoms with van der Waals surface area (Å²) in [5.74, 6) is -3.45. The van der Waals surface area contributed by atoms with E-state index in [-0.39, 0.29) is 12.1 Å². The molecule has 3 aromatic rings. The molecule has 3 rings (SSSR count). The van der Waals surface area contributed by atoms with Crippen LogP contribution in [0.3, 0.4) is 0 Å². The molecule has 0 saturated carbocycles. The Bertz CT molecular complexity index is 1060. The first-order chi connectivity index (χ1) is 14.5. The minimum absolute atomic E-state index is 0.132. The molecule has 1 heterocycles. The number of hydroxylamine groups is 1. The minimum atomic E-state index is -1.27. The topological polar surface area (TPSA) is 54.3 Å². The standard InChI is InChI=1S/C22H22F2N2O2.C2H6/c1-3-5-8-15-16-9-6-7-10-19(16)26(18(15)4-2)13-14-11-12-17(22(27)25-28)21(24)20(14)23;1-2/h5-12,28H,3-4,13H2,1-2H3,(H,25,27);1-2H3/b8-5-;. The van der Waals surface area contributed by atoms with Crippen LogP contribution in [-0.2, 0) is 13.0 Å². The summed E-state index contributed by atoms with van der Waals surface area (Å²) in [5.41, 5.74) is 3.97. The van der Waals surface area contributed by atoms with Crippen molar-refractivity contribution in [2.75, 3.05) is 0 Å². The van der Waals surface area contributed by atoms with Crippen LogP contribution in [0.1, 0.15) is 61.3 Å². The number of benzene rings is 2. The maximum atomic E-state index is 14.6. The summed E-state index contributed by atoms with van der Waals surface area (Å²) >= 11 is 0. The molecule has 4 nitrogen and oxygen atoms in total. The van der Waals surface area contributed by atoms with Gasteiger partial charge in [-0.2, -0.15) is 0 Å². The number of aromatic nitrogens is 1. The van der Waals surface area contributed by atoms with Gasteiger partial charge in [0, 0.05) is 27.7 Å². The second-order valence-electron chi connectivity index (χ2n) is 6.47. The molecule has 1 amide bonds. The molecular weight excluding hydrogens is 386 g/mol. The highest BCUT2D eigenvalue weighted by molar-refractivity contribution is 5.94. The molecule has 0 aliphatic heterocycles. The molecule has 1 aromatic heterocycles. The van der Waals surface area contributed by atoms with E-state index in [1.54, 1.807) is 0 Å². The molecule has 30 heavy (non-hydrogen) atoms. The van der Waals surface area contributed by atoms with Gasteiger partial charge in [-0.25, -0.2) is 14.3 Å². The van der Waals surface area contributed by atoms with Crippen molar-refractivity contribution in [3.63, 3.8) is 0 Å². The lowest BCUT2D eigenvalue weighted by atomic mass is 10.1. The Kier molecular flexibility index (Phi) is 8.30. The Balaban J connectivity index is 0.00000155. The first-order valence-electron chi connectivity index (χ1n) is 10.2. The second-order valence-corrected chi connectivity index (χ2v) is 6.47. The van der Waals surface area contributed by atoms with Crippen LogP contribution in [0.2, 0.25) is 0 Å². The smallest absolute Gasteiger partial charge is 0.277 e. The lowest BCUT2D eigenvalue weighted by molar-refractivity contribution is 0.0700. The lowest BCUT2D eigenvalue weighted by Gasteiger charge is -2.13. The zero-order valence-electron chi connectivity index (χ0n) is 17.8. The van der Waals surface area contributed by atoms with E-state index in [9.17, 15) is 13.6 Å². The predicted molar refractivity (Wildman–Crippen MR) is 117 cm³/mol. The third-order valence-electron chi connectivity index (χ3n) is 4.81. The molecule has 0 fully saturated rings. The number of amides is 1. The van der Waals surface area contributed by atoms with E-state index in [2.05, 4.69) is 19.1 Å². The Morgan fingerprint density at radius 3 is 2.43 bits per heavy atom. The molecule has 0 bridgehead atoms. The van der Waals surface area contributed by atoms with Gasteiger partial charge in [0.2, 0.25) is 0 Å². The van der Waals surface area contributed by atoms with E-state index >= 15 is 0 Å². The second kappa shape index (κ2) is 10.7. The number of hydrogen-bond acceptors (Lipinski definition) is 2. The minimum Gasteiger partial charge on any atom is -0.339 e. The first kappa shape index (κ1) is 23.3. The van der Waals surface area contributed by atoms with Crippen molar-refractivity contribution in [1.82, 2.24) is 10.0 Å². The number of nitrogens with one attached hydrogen (secondary N) is 1. The maximum absolute atomic E-state index is 14.6. The molecule has 160 valence electrons. The highest BCUT2D eigenvalue weighted by Gasteiger charge is 2.20. The quantitative estimate of drug-likeness (QED) is 0.378. The van der Waals surface area contributed by atoms with Gasteiger partial charge in [0.15, 0.2) is 11.6 Å². The summed E-state index contributed by atoms with van der Waals surface area (Å²) in [6.07, 6.45) is 5.78. The van der Waals surface area contributed by atoms with E-state index in [1.165, 1.54) is 17.6 Å². The van der Waals surface area contributed by atoms with Gasteiger partial charge in [-0.1, -0.05) is 64.1 Å². The average molecular weight is 414 g/mol. The molecule has 0 spiro atoms. The molecule has 2 aromatic carbocycles. The number of hydrogen-bond donors (Lipinski definition) is 2. The van der Waals surface area contributed by atoms with Crippen molar-refractivity contribution in [1.29, 1.82) is 0 Å². The number of carbonyl (C=O) groups is 1. The number of fused-ring (bicyclic) bond motifs is 1. The number of allylic oxidation sites excluding steroid dienone is 1. The highest BCUT2D eigenvalue weighted by Crippen LogP contribution is 2.30. The largest absolute Gasteiger partial charge is 0.339 e. The predicted octanol–water partition coefficient (Wildman–Crippen LogP) is 6.10. The van der Waals surface area contributed by atoms with Gasteiger partial charge in [-0.15, -0.1) is 0 Å².